The summed E-state index contributed by atoms with van der Waals surface area (Å²) in [6.07, 6.45) is 4.87. The summed E-state index contributed by atoms with van der Waals surface area (Å²) >= 11 is 0. The number of hydrogen-bond acceptors (Lipinski definition) is 6. The molecule has 5 rings (SSSR count). The second kappa shape index (κ2) is 6.50. The molecule has 0 saturated heterocycles. The van der Waals surface area contributed by atoms with Crippen molar-refractivity contribution < 1.29 is 13.5 Å². The van der Waals surface area contributed by atoms with Crippen LogP contribution >= 0.6 is 0 Å². The number of nitrogens with zero attached hydrogens (tertiary/aromatic N) is 5. The third kappa shape index (κ3) is 2.63. The molecule has 4 heterocycles. The lowest BCUT2D eigenvalue weighted by molar-refractivity contribution is 0.276. The summed E-state index contributed by atoms with van der Waals surface area (Å²) in [6.45, 7) is -0.446. The summed E-state index contributed by atoms with van der Waals surface area (Å²) in [7, 11) is -3.93. The molecule has 5 aromatic rings. The second-order valence-corrected chi connectivity index (χ2v) is 8.22. The van der Waals surface area contributed by atoms with Gasteiger partial charge in [0.15, 0.2) is 5.65 Å². The molecule has 4 aromatic heterocycles. The van der Waals surface area contributed by atoms with E-state index in [0.29, 0.717) is 5.39 Å². The summed E-state index contributed by atoms with van der Waals surface area (Å²) in [5, 5.41) is 18.9. The van der Waals surface area contributed by atoms with Crippen LogP contribution in [-0.4, -0.2) is 37.3 Å². The Hall–Kier alpha value is -3.56. The van der Waals surface area contributed by atoms with Crippen LogP contribution in [0, 0.1) is 0 Å². The van der Waals surface area contributed by atoms with Crippen LogP contribution < -0.4 is 0 Å². The van der Waals surface area contributed by atoms with Gasteiger partial charge >= 0.3 is 0 Å². The lowest BCUT2D eigenvalue weighted by atomic mass is 10.1. The Morgan fingerprint density at radius 1 is 0.931 bits per heavy atom. The zero-order valence-corrected chi connectivity index (χ0v) is 15.9. The number of aliphatic hydroxyl groups excluding tert-OH is 1. The summed E-state index contributed by atoms with van der Waals surface area (Å²) in [4.78, 5) is 4.45. The molecule has 0 spiro atoms. The van der Waals surface area contributed by atoms with Crippen LogP contribution in [0.5, 0.6) is 0 Å². The molecule has 0 bridgehead atoms. The van der Waals surface area contributed by atoms with Gasteiger partial charge in [0, 0.05) is 23.3 Å². The number of hydrogen-bond donors (Lipinski definition) is 1. The predicted octanol–water partition coefficient (Wildman–Crippen LogP) is 2.48. The van der Waals surface area contributed by atoms with Gasteiger partial charge in [0.2, 0.25) is 0 Å². The van der Waals surface area contributed by atoms with Gasteiger partial charge in [-0.05, 0) is 42.0 Å². The third-order valence-electron chi connectivity index (χ3n) is 4.77. The van der Waals surface area contributed by atoms with Gasteiger partial charge in [-0.2, -0.15) is 14.8 Å². The van der Waals surface area contributed by atoms with E-state index in [-0.39, 0.29) is 16.2 Å². The maximum absolute atomic E-state index is 13.3. The highest BCUT2D eigenvalue weighted by Gasteiger charge is 2.25. The van der Waals surface area contributed by atoms with Gasteiger partial charge in [0.05, 0.1) is 28.9 Å². The van der Waals surface area contributed by atoms with Crippen molar-refractivity contribution in [2.45, 2.75) is 11.5 Å². The molecule has 1 N–H and O–H groups in total. The number of rotatable bonds is 4. The smallest absolute Gasteiger partial charge is 0.269 e. The van der Waals surface area contributed by atoms with Gasteiger partial charge in [-0.15, -0.1) is 0 Å². The van der Waals surface area contributed by atoms with E-state index in [0.717, 1.165) is 20.6 Å². The molecule has 0 radical (unpaired) electrons. The molecule has 8 nitrogen and oxygen atoms in total. The Morgan fingerprint density at radius 3 is 2.55 bits per heavy atom. The van der Waals surface area contributed by atoms with Crippen LogP contribution in [0.15, 0.2) is 78.1 Å². The van der Waals surface area contributed by atoms with Gasteiger partial charge in [-0.25, -0.2) is 17.4 Å². The van der Waals surface area contributed by atoms with Gasteiger partial charge in [-0.3, -0.25) is 0 Å². The molecule has 0 amide bonds. The van der Waals surface area contributed by atoms with Crippen molar-refractivity contribution in [3.8, 4) is 11.1 Å². The Balaban J connectivity index is 1.82. The fourth-order valence-corrected chi connectivity index (χ4v) is 4.98. The fourth-order valence-electron chi connectivity index (χ4n) is 3.48. The Labute approximate surface area is 165 Å². The number of aliphatic hydroxyl groups is 1. The second-order valence-electron chi connectivity index (χ2n) is 6.43. The van der Waals surface area contributed by atoms with E-state index in [2.05, 4.69) is 15.2 Å². The molecule has 29 heavy (non-hydrogen) atoms. The molecule has 1 aromatic carbocycles. The molecular formula is C20H15N5O3S. The molecule has 0 fully saturated rings. The number of fused-ring (bicyclic) bond motifs is 2. The van der Waals surface area contributed by atoms with Crippen LogP contribution in [0.2, 0.25) is 0 Å². The molecule has 9 heteroatoms. The van der Waals surface area contributed by atoms with Crippen LogP contribution in [0.3, 0.4) is 0 Å². The number of pyridine rings is 1. The average molecular weight is 405 g/mol. The van der Waals surface area contributed by atoms with Crippen LogP contribution in [0.25, 0.3) is 27.7 Å². The number of aromatic nitrogens is 5. The summed E-state index contributed by atoms with van der Waals surface area (Å²) < 4.78 is 29.2. The molecule has 0 atom stereocenters. The van der Waals surface area contributed by atoms with Crippen molar-refractivity contribution in [3.63, 3.8) is 0 Å². The summed E-state index contributed by atoms with van der Waals surface area (Å²) in [6, 6.07) is 15.2. The molecule has 144 valence electrons. The SMILES string of the molecule is O=S(=O)(c1ccccc1)n1c(CO)cc2c(-c3cnn4ncccc34)ccnc21. The van der Waals surface area contributed by atoms with Crippen LogP contribution in [0.4, 0.5) is 0 Å². The molecule has 0 saturated carbocycles. The van der Waals surface area contributed by atoms with E-state index in [9.17, 15) is 13.5 Å². The predicted molar refractivity (Wildman–Crippen MR) is 107 cm³/mol. The largest absolute Gasteiger partial charge is 0.390 e. The van der Waals surface area contributed by atoms with Crippen LogP contribution in [-0.2, 0) is 16.6 Å². The van der Waals surface area contributed by atoms with Gasteiger partial charge in [-0.1, -0.05) is 18.2 Å². The standard InChI is InChI=1S/C20H15N5O3S/c26-13-14-11-17-16(18-12-23-25-19(18)7-4-9-22-25)8-10-21-20(17)24(14)29(27,28)15-5-2-1-3-6-15/h1-12,26H,13H2. The van der Waals surface area contributed by atoms with Crippen molar-refractivity contribution >= 4 is 26.6 Å². The Morgan fingerprint density at radius 2 is 1.76 bits per heavy atom. The molecule has 0 aliphatic carbocycles. The highest BCUT2D eigenvalue weighted by molar-refractivity contribution is 7.90. The van der Waals surface area contributed by atoms with Crippen molar-refractivity contribution in [1.29, 1.82) is 0 Å². The zero-order valence-electron chi connectivity index (χ0n) is 15.0. The van der Waals surface area contributed by atoms with E-state index >= 15 is 0 Å². The lowest BCUT2D eigenvalue weighted by Crippen LogP contribution is -2.16. The first-order chi connectivity index (χ1) is 14.1. The van der Waals surface area contributed by atoms with E-state index in [4.69, 9.17) is 0 Å². The van der Waals surface area contributed by atoms with Crippen LogP contribution in [0.1, 0.15) is 5.69 Å². The summed E-state index contributed by atoms with van der Waals surface area (Å²) in [5.74, 6) is 0. The third-order valence-corrected chi connectivity index (χ3v) is 6.53. The van der Waals surface area contributed by atoms with Gasteiger partial charge < -0.3 is 5.11 Å². The maximum atomic E-state index is 13.3. The highest BCUT2D eigenvalue weighted by Crippen LogP contribution is 2.33. The van der Waals surface area contributed by atoms with Crippen molar-refractivity contribution in [1.82, 2.24) is 23.8 Å². The van der Waals surface area contributed by atoms with Gasteiger partial charge in [0.1, 0.15) is 0 Å². The first kappa shape index (κ1) is 17.5. The lowest BCUT2D eigenvalue weighted by Gasteiger charge is -2.10. The minimum atomic E-state index is -3.93. The van der Waals surface area contributed by atoms with E-state index in [1.165, 1.54) is 16.8 Å². The van der Waals surface area contributed by atoms with Crippen molar-refractivity contribution in [3.05, 3.63) is 78.9 Å². The average Bonchev–Trinajstić information content (AvgIpc) is 3.36. The minimum Gasteiger partial charge on any atom is -0.390 e. The maximum Gasteiger partial charge on any atom is 0.269 e. The molecule has 0 unspecified atom stereocenters. The van der Waals surface area contributed by atoms with E-state index in [1.54, 1.807) is 48.9 Å². The zero-order chi connectivity index (χ0) is 20.0. The topological polar surface area (TPSA) is 102 Å². The number of benzene rings is 1. The van der Waals surface area contributed by atoms with Crippen molar-refractivity contribution in [2.24, 2.45) is 0 Å². The fraction of sp³-hybridized carbons (Fsp3) is 0.0500. The summed E-state index contributed by atoms with van der Waals surface area (Å²) in [5.41, 5.74) is 2.82. The molecule has 0 aliphatic heterocycles. The highest BCUT2D eigenvalue weighted by atomic mass is 32.2. The molecular weight excluding hydrogens is 390 g/mol. The minimum absolute atomic E-state index is 0.125. The van der Waals surface area contributed by atoms with E-state index in [1.807, 2.05) is 12.1 Å². The van der Waals surface area contributed by atoms with Gasteiger partial charge in [0.25, 0.3) is 10.0 Å². The normalized spacial score (nSPS) is 12.0. The Kier molecular flexibility index (Phi) is 3.93. The Bertz CT molecular complexity index is 1460. The van der Waals surface area contributed by atoms with E-state index < -0.39 is 16.6 Å². The first-order valence-electron chi connectivity index (χ1n) is 8.81. The molecule has 0 aliphatic rings. The monoisotopic (exact) mass is 405 g/mol. The first-order valence-corrected chi connectivity index (χ1v) is 10.3. The quantitative estimate of drug-likeness (QED) is 0.493. The van der Waals surface area contributed by atoms with Crippen molar-refractivity contribution in [2.75, 3.05) is 0 Å².